The molecule has 0 aliphatic carbocycles. The van der Waals surface area contributed by atoms with Crippen molar-refractivity contribution in [1.82, 2.24) is 0 Å². The largest absolute Gasteiger partial charge is 0.198 e. The maximum Gasteiger partial charge on any atom is 0.0941 e. The zero-order valence-corrected chi connectivity index (χ0v) is 9.38. The highest BCUT2D eigenvalue weighted by atomic mass is 35.5. The molecule has 0 saturated carbocycles. The lowest BCUT2D eigenvalue weighted by Crippen LogP contribution is -1.80. The van der Waals surface area contributed by atoms with Gasteiger partial charge in [0, 0.05) is 15.1 Å². The molecule has 14 heavy (non-hydrogen) atoms. The molecule has 1 aromatic heterocycles. The Morgan fingerprint density at radius 1 is 1.36 bits per heavy atom. The van der Waals surface area contributed by atoms with E-state index in [0.717, 1.165) is 15.6 Å². The summed E-state index contributed by atoms with van der Waals surface area (Å²) in [5, 5.41) is 10.3. The molecule has 0 fully saturated rings. The predicted octanol–water partition coefficient (Wildman–Crippen LogP) is 4.27. The Balaban J connectivity index is 2.75. The lowest BCUT2D eigenvalue weighted by atomic mass is 10.1. The summed E-state index contributed by atoms with van der Waals surface area (Å²) in [5.74, 6) is 0. The quantitative estimate of drug-likeness (QED) is 0.732. The number of benzene rings is 1. The number of nitriles is 1. The second kappa shape index (κ2) is 3.78. The van der Waals surface area contributed by atoms with Gasteiger partial charge in [0.15, 0.2) is 0 Å². The molecule has 1 heterocycles. The molecule has 2 aromatic rings. The molecule has 0 unspecified atom stereocenters. The van der Waals surface area contributed by atoms with E-state index < -0.39 is 0 Å². The first-order valence-electron chi connectivity index (χ1n) is 3.95. The molecule has 70 valence electrons. The Labute approximate surface area is 95.5 Å². The van der Waals surface area contributed by atoms with Gasteiger partial charge in [-0.2, -0.15) is 5.26 Å². The van der Waals surface area contributed by atoms with Crippen molar-refractivity contribution in [1.29, 1.82) is 5.26 Å². The fourth-order valence-electron chi connectivity index (χ4n) is 1.34. The van der Waals surface area contributed by atoms with Gasteiger partial charge in [-0.25, -0.2) is 0 Å². The summed E-state index contributed by atoms with van der Waals surface area (Å²) in [5.41, 5.74) is 0.990. The summed E-state index contributed by atoms with van der Waals surface area (Å²) < 4.78 is 1.72. The summed E-state index contributed by atoms with van der Waals surface area (Å²) in [4.78, 5) is 0. The maximum atomic E-state index is 8.64. The van der Waals surface area contributed by atoms with E-state index in [4.69, 9.17) is 28.5 Å². The number of hydrogen-bond acceptors (Lipinski definition) is 2. The SMILES string of the molecule is N#CCc1ccc(Cl)c2cc(Cl)sc12. The van der Waals surface area contributed by atoms with Gasteiger partial charge in [0.05, 0.1) is 16.8 Å². The van der Waals surface area contributed by atoms with Gasteiger partial charge in [-0.3, -0.25) is 0 Å². The summed E-state index contributed by atoms with van der Waals surface area (Å²) in [6, 6.07) is 7.64. The van der Waals surface area contributed by atoms with E-state index in [1.165, 1.54) is 11.3 Å². The summed E-state index contributed by atoms with van der Waals surface area (Å²) in [6.07, 6.45) is 0.393. The van der Waals surface area contributed by atoms with Crippen LogP contribution in [0.1, 0.15) is 5.56 Å². The highest BCUT2D eigenvalue weighted by Crippen LogP contribution is 2.36. The Bertz CT molecular complexity index is 525. The van der Waals surface area contributed by atoms with Crippen molar-refractivity contribution < 1.29 is 0 Å². The van der Waals surface area contributed by atoms with Gasteiger partial charge in [-0.15, -0.1) is 11.3 Å². The highest BCUT2D eigenvalue weighted by Gasteiger charge is 2.08. The normalized spacial score (nSPS) is 10.4. The second-order valence-corrected chi connectivity index (χ2v) is 4.93. The molecule has 0 atom stereocenters. The standard InChI is InChI=1S/C10H5Cl2NS/c11-8-2-1-6(3-4-13)10-7(8)5-9(12)14-10/h1-2,5H,3H2. The van der Waals surface area contributed by atoms with Crippen LogP contribution in [0.2, 0.25) is 9.36 Å². The first-order chi connectivity index (χ1) is 6.72. The van der Waals surface area contributed by atoms with E-state index in [2.05, 4.69) is 6.07 Å². The molecule has 0 spiro atoms. The molecule has 0 radical (unpaired) electrons. The molecule has 2 rings (SSSR count). The van der Waals surface area contributed by atoms with Crippen LogP contribution in [0, 0.1) is 11.3 Å². The minimum atomic E-state index is 0.393. The third-order valence-corrected chi connectivity index (χ3v) is 3.62. The van der Waals surface area contributed by atoms with Crippen LogP contribution in [-0.2, 0) is 6.42 Å². The van der Waals surface area contributed by atoms with Crippen molar-refractivity contribution in [2.24, 2.45) is 0 Å². The first kappa shape index (κ1) is 9.79. The minimum Gasteiger partial charge on any atom is -0.198 e. The lowest BCUT2D eigenvalue weighted by Gasteiger charge is -1.98. The number of rotatable bonds is 1. The third-order valence-electron chi connectivity index (χ3n) is 1.95. The van der Waals surface area contributed by atoms with Crippen LogP contribution in [0.4, 0.5) is 0 Å². The lowest BCUT2D eigenvalue weighted by molar-refractivity contribution is 1.29. The molecule has 0 aliphatic rings. The van der Waals surface area contributed by atoms with Gasteiger partial charge >= 0.3 is 0 Å². The molecule has 0 saturated heterocycles. The van der Waals surface area contributed by atoms with Gasteiger partial charge in [0.2, 0.25) is 0 Å². The molecule has 0 amide bonds. The number of thiophene rings is 1. The fourth-order valence-corrected chi connectivity index (χ4v) is 2.87. The molecular formula is C10H5Cl2NS. The molecule has 0 N–H and O–H groups in total. The Kier molecular flexibility index (Phi) is 2.64. The van der Waals surface area contributed by atoms with Crippen molar-refractivity contribution in [3.05, 3.63) is 33.1 Å². The van der Waals surface area contributed by atoms with E-state index >= 15 is 0 Å². The van der Waals surface area contributed by atoms with E-state index in [-0.39, 0.29) is 0 Å². The Morgan fingerprint density at radius 3 is 2.86 bits per heavy atom. The Morgan fingerprint density at radius 2 is 2.14 bits per heavy atom. The predicted molar refractivity (Wildman–Crippen MR) is 61.2 cm³/mol. The number of fused-ring (bicyclic) bond motifs is 1. The van der Waals surface area contributed by atoms with Gasteiger partial charge in [-0.05, 0) is 17.7 Å². The van der Waals surface area contributed by atoms with Gasteiger partial charge in [-0.1, -0.05) is 29.3 Å². The van der Waals surface area contributed by atoms with Crippen LogP contribution < -0.4 is 0 Å². The monoisotopic (exact) mass is 241 g/mol. The van der Waals surface area contributed by atoms with Crippen molar-refractivity contribution in [2.75, 3.05) is 0 Å². The van der Waals surface area contributed by atoms with E-state index in [1.54, 1.807) is 6.07 Å². The van der Waals surface area contributed by atoms with Crippen molar-refractivity contribution >= 4 is 44.6 Å². The zero-order valence-electron chi connectivity index (χ0n) is 7.05. The smallest absolute Gasteiger partial charge is 0.0941 e. The van der Waals surface area contributed by atoms with Crippen molar-refractivity contribution in [3.8, 4) is 6.07 Å². The van der Waals surface area contributed by atoms with Crippen LogP contribution in [0.5, 0.6) is 0 Å². The molecule has 1 aromatic carbocycles. The molecule has 0 bridgehead atoms. The summed E-state index contributed by atoms with van der Waals surface area (Å²) >= 11 is 13.4. The molecular weight excluding hydrogens is 237 g/mol. The van der Waals surface area contributed by atoms with E-state index in [9.17, 15) is 0 Å². The van der Waals surface area contributed by atoms with Crippen LogP contribution >= 0.6 is 34.5 Å². The van der Waals surface area contributed by atoms with Crippen LogP contribution in [0.15, 0.2) is 18.2 Å². The van der Waals surface area contributed by atoms with E-state index in [1.807, 2.05) is 12.1 Å². The number of hydrogen-bond donors (Lipinski definition) is 0. The topological polar surface area (TPSA) is 23.8 Å². The van der Waals surface area contributed by atoms with Gasteiger partial charge < -0.3 is 0 Å². The van der Waals surface area contributed by atoms with Crippen molar-refractivity contribution in [2.45, 2.75) is 6.42 Å². The van der Waals surface area contributed by atoms with Gasteiger partial charge in [0.25, 0.3) is 0 Å². The number of halogens is 2. The summed E-state index contributed by atoms with van der Waals surface area (Å²) in [6.45, 7) is 0. The fraction of sp³-hybridized carbons (Fsp3) is 0.100. The first-order valence-corrected chi connectivity index (χ1v) is 5.53. The number of nitrogens with zero attached hydrogens (tertiary/aromatic N) is 1. The second-order valence-electron chi connectivity index (χ2n) is 2.83. The van der Waals surface area contributed by atoms with Crippen LogP contribution in [-0.4, -0.2) is 0 Å². The van der Waals surface area contributed by atoms with Crippen molar-refractivity contribution in [3.63, 3.8) is 0 Å². The molecule has 4 heteroatoms. The van der Waals surface area contributed by atoms with Gasteiger partial charge in [0.1, 0.15) is 0 Å². The van der Waals surface area contributed by atoms with E-state index in [0.29, 0.717) is 15.8 Å². The average molecular weight is 242 g/mol. The Hall–Kier alpha value is -0.750. The van der Waals surface area contributed by atoms with Crippen LogP contribution in [0.25, 0.3) is 10.1 Å². The highest BCUT2D eigenvalue weighted by molar-refractivity contribution is 7.22. The average Bonchev–Trinajstić information content (AvgIpc) is 2.53. The molecule has 0 aliphatic heterocycles. The molecule has 1 nitrogen and oxygen atoms in total. The van der Waals surface area contributed by atoms with Crippen LogP contribution in [0.3, 0.4) is 0 Å². The minimum absolute atomic E-state index is 0.393. The zero-order chi connectivity index (χ0) is 10.1. The summed E-state index contributed by atoms with van der Waals surface area (Å²) in [7, 11) is 0. The third kappa shape index (κ3) is 1.59. The maximum absolute atomic E-state index is 8.64.